The summed E-state index contributed by atoms with van der Waals surface area (Å²) >= 11 is 7.65. The third-order valence-electron chi connectivity index (χ3n) is 4.58. The number of benzene rings is 2. The Kier molecular flexibility index (Phi) is 6.50. The molecule has 0 spiro atoms. The maximum absolute atomic E-state index is 6.10. The van der Waals surface area contributed by atoms with Crippen molar-refractivity contribution in [3.63, 3.8) is 0 Å². The van der Waals surface area contributed by atoms with E-state index < -0.39 is 0 Å². The highest BCUT2D eigenvalue weighted by atomic mass is 35.5. The molecule has 0 saturated heterocycles. The summed E-state index contributed by atoms with van der Waals surface area (Å²) < 4.78 is 7.52. The van der Waals surface area contributed by atoms with Gasteiger partial charge in [-0.3, -0.25) is 4.57 Å². The monoisotopic (exact) mass is 439 g/mol. The molecule has 30 heavy (non-hydrogen) atoms. The second-order valence-corrected chi connectivity index (χ2v) is 8.68. The maximum atomic E-state index is 6.10. The van der Waals surface area contributed by atoms with Crippen LogP contribution in [0.25, 0.3) is 5.69 Å². The van der Waals surface area contributed by atoms with Gasteiger partial charge in [-0.2, -0.15) is 4.98 Å². The predicted octanol–water partition coefficient (Wildman–Crippen LogP) is 5.70. The van der Waals surface area contributed by atoms with Gasteiger partial charge in [0.15, 0.2) is 11.0 Å². The Labute approximate surface area is 184 Å². The number of hydrogen-bond donors (Lipinski definition) is 0. The maximum Gasteiger partial charge on any atom is 0.239 e. The first-order valence-corrected chi connectivity index (χ1v) is 11.1. The molecule has 154 valence electrons. The summed E-state index contributed by atoms with van der Waals surface area (Å²) in [7, 11) is 0. The zero-order valence-corrected chi connectivity index (χ0v) is 18.4. The highest BCUT2D eigenvalue weighted by molar-refractivity contribution is 7.99. The minimum atomic E-state index is -0.0528. The lowest BCUT2D eigenvalue weighted by molar-refractivity contribution is 0.374. The Bertz CT molecular complexity index is 1090. The van der Waals surface area contributed by atoms with Gasteiger partial charge in [0.05, 0.1) is 5.25 Å². The van der Waals surface area contributed by atoms with E-state index in [2.05, 4.69) is 44.0 Å². The van der Waals surface area contributed by atoms with Crippen molar-refractivity contribution < 1.29 is 4.52 Å². The smallest absolute Gasteiger partial charge is 0.239 e. The number of halogens is 1. The first kappa shape index (κ1) is 20.6. The van der Waals surface area contributed by atoms with Gasteiger partial charge in [-0.1, -0.05) is 65.8 Å². The first-order chi connectivity index (χ1) is 14.6. The lowest BCUT2D eigenvalue weighted by Gasteiger charge is -2.12. The number of thioether (sulfide) groups is 1. The van der Waals surface area contributed by atoms with Crippen LogP contribution in [0, 0.1) is 0 Å². The molecule has 0 fully saturated rings. The van der Waals surface area contributed by atoms with Crippen LogP contribution in [0.4, 0.5) is 0 Å². The zero-order valence-electron chi connectivity index (χ0n) is 16.8. The van der Waals surface area contributed by atoms with Crippen LogP contribution in [0.3, 0.4) is 0 Å². The second kappa shape index (κ2) is 9.45. The molecular weight excluding hydrogens is 418 g/mol. The molecule has 0 bridgehead atoms. The largest absolute Gasteiger partial charge is 0.338 e. The van der Waals surface area contributed by atoms with Crippen molar-refractivity contribution in [3.8, 4) is 5.69 Å². The van der Waals surface area contributed by atoms with Crippen molar-refractivity contribution in [1.29, 1.82) is 0 Å². The van der Waals surface area contributed by atoms with Crippen LogP contribution in [-0.2, 0) is 12.8 Å². The van der Waals surface area contributed by atoms with Crippen molar-refractivity contribution in [2.45, 2.75) is 43.5 Å². The Morgan fingerprint density at radius 1 is 1.07 bits per heavy atom. The van der Waals surface area contributed by atoms with Gasteiger partial charge in [0.2, 0.25) is 5.89 Å². The van der Waals surface area contributed by atoms with E-state index in [1.165, 1.54) is 5.56 Å². The lowest BCUT2D eigenvalue weighted by Crippen LogP contribution is -2.04. The molecule has 8 heteroatoms. The van der Waals surface area contributed by atoms with E-state index in [1.54, 1.807) is 11.8 Å². The van der Waals surface area contributed by atoms with Crippen molar-refractivity contribution in [1.82, 2.24) is 24.9 Å². The molecule has 1 unspecified atom stereocenters. The summed E-state index contributed by atoms with van der Waals surface area (Å²) in [5.41, 5.74) is 2.13. The second-order valence-electron chi connectivity index (χ2n) is 6.93. The van der Waals surface area contributed by atoms with Crippen LogP contribution in [0.1, 0.15) is 48.6 Å². The fourth-order valence-electron chi connectivity index (χ4n) is 3.09. The van der Waals surface area contributed by atoms with Gasteiger partial charge in [-0.05, 0) is 43.2 Å². The summed E-state index contributed by atoms with van der Waals surface area (Å²) in [6, 6.07) is 17.9. The third kappa shape index (κ3) is 4.74. The number of hydrogen-bond acceptors (Lipinski definition) is 6. The van der Waals surface area contributed by atoms with E-state index in [1.807, 2.05) is 49.4 Å². The van der Waals surface area contributed by atoms with Gasteiger partial charge in [0.1, 0.15) is 5.82 Å². The van der Waals surface area contributed by atoms with Crippen LogP contribution in [0.5, 0.6) is 0 Å². The van der Waals surface area contributed by atoms with Crippen LogP contribution in [0.15, 0.2) is 64.3 Å². The Morgan fingerprint density at radius 2 is 1.83 bits per heavy atom. The summed E-state index contributed by atoms with van der Waals surface area (Å²) in [6.45, 7) is 4.13. The van der Waals surface area contributed by atoms with Gasteiger partial charge in [-0.25, -0.2) is 0 Å². The Morgan fingerprint density at radius 3 is 2.57 bits per heavy atom. The fraction of sp³-hybridized carbons (Fsp3) is 0.273. The van der Waals surface area contributed by atoms with Gasteiger partial charge in [-0.15, -0.1) is 10.2 Å². The van der Waals surface area contributed by atoms with Crippen LogP contribution in [-0.4, -0.2) is 24.9 Å². The van der Waals surface area contributed by atoms with E-state index >= 15 is 0 Å². The molecule has 0 saturated carbocycles. The number of aryl methyl sites for hydroxylation is 1. The lowest BCUT2D eigenvalue weighted by atomic mass is 10.1. The van der Waals surface area contributed by atoms with E-state index in [4.69, 9.17) is 16.1 Å². The molecule has 0 amide bonds. The van der Waals surface area contributed by atoms with Crippen molar-refractivity contribution in [2.24, 2.45) is 0 Å². The molecule has 2 aromatic carbocycles. The van der Waals surface area contributed by atoms with E-state index in [0.29, 0.717) is 17.3 Å². The van der Waals surface area contributed by atoms with Crippen LogP contribution < -0.4 is 0 Å². The number of nitrogens with zero attached hydrogens (tertiary/aromatic N) is 5. The molecule has 2 aromatic heterocycles. The zero-order chi connectivity index (χ0) is 20.9. The normalized spacial score (nSPS) is 12.2. The SMILES string of the molecule is CCCc1noc(C(C)Sc2nnc(Cc3ccccc3)n2-c2ccc(Cl)cc2)n1. The summed E-state index contributed by atoms with van der Waals surface area (Å²) in [4.78, 5) is 4.51. The summed E-state index contributed by atoms with van der Waals surface area (Å²) in [5, 5.41) is 14.4. The highest BCUT2D eigenvalue weighted by Gasteiger charge is 2.21. The summed E-state index contributed by atoms with van der Waals surface area (Å²) in [6.07, 6.45) is 2.46. The number of rotatable bonds is 8. The van der Waals surface area contributed by atoms with Gasteiger partial charge in [0.25, 0.3) is 0 Å². The van der Waals surface area contributed by atoms with Gasteiger partial charge < -0.3 is 4.52 Å². The van der Waals surface area contributed by atoms with Gasteiger partial charge >= 0.3 is 0 Å². The van der Waals surface area contributed by atoms with Gasteiger partial charge in [0, 0.05) is 23.6 Å². The molecular formula is C22H22ClN5OS. The Hall–Kier alpha value is -2.64. The van der Waals surface area contributed by atoms with Crippen LogP contribution >= 0.6 is 23.4 Å². The highest BCUT2D eigenvalue weighted by Crippen LogP contribution is 2.35. The average molecular weight is 440 g/mol. The molecule has 2 heterocycles. The quantitative estimate of drug-likeness (QED) is 0.328. The van der Waals surface area contributed by atoms with Crippen molar-refractivity contribution in [2.75, 3.05) is 0 Å². The molecule has 6 nitrogen and oxygen atoms in total. The van der Waals surface area contributed by atoms with E-state index in [0.717, 1.165) is 35.3 Å². The molecule has 4 rings (SSSR count). The van der Waals surface area contributed by atoms with Crippen LogP contribution in [0.2, 0.25) is 5.02 Å². The molecule has 0 N–H and O–H groups in total. The van der Waals surface area contributed by atoms with Crippen molar-refractivity contribution >= 4 is 23.4 Å². The minimum Gasteiger partial charge on any atom is -0.338 e. The molecule has 0 radical (unpaired) electrons. The number of aromatic nitrogens is 5. The van der Waals surface area contributed by atoms with Crippen molar-refractivity contribution in [3.05, 3.63) is 82.7 Å². The average Bonchev–Trinajstić information content (AvgIpc) is 3.37. The fourth-order valence-corrected chi connectivity index (χ4v) is 4.13. The third-order valence-corrected chi connectivity index (χ3v) is 5.86. The topological polar surface area (TPSA) is 69.6 Å². The standard InChI is InChI=1S/C22H22ClN5OS/c1-3-7-19-24-21(29-27-19)15(2)30-22-26-25-20(14-16-8-5-4-6-9-16)28(22)18-12-10-17(23)11-13-18/h4-6,8-13,15H,3,7,14H2,1-2H3. The Balaban J connectivity index is 1.65. The molecule has 1 atom stereocenters. The van der Waals surface area contributed by atoms with E-state index in [9.17, 15) is 0 Å². The molecule has 0 aliphatic rings. The summed E-state index contributed by atoms with van der Waals surface area (Å²) in [5.74, 6) is 2.19. The minimum absolute atomic E-state index is 0.0528. The molecule has 0 aliphatic carbocycles. The predicted molar refractivity (Wildman–Crippen MR) is 118 cm³/mol. The van der Waals surface area contributed by atoms with E-state index in [-0.39, 0.29) is 5.25 Å². The molecule has 4 aromatic rings. The first-order valence-electron chi connectivity index (χ1n) is 9.87. The molecule has 0 aliphatic heterocycles.